The maximum absolute atomic E-state index is 13.3. The monoisotopic (exact) mass is 296 g/mol. The highest BCUT2D eigenvalue weighted by molar-refractivity contribution is 6.31. The fourth-order valence-corrected chi connectivity index (χ4v) is 2.74. The van der Waals surface area contributed by atoms with Crippen molar-refractivity contribution in [2.75, 3.05) is 5.88 Å². The topological polar surface area (TPSA) is 0 Å². The number of alkyl halides is 1. The molecule has 100 valence electrons. The Bertz CT molecular complexity index is 566. The fraction of sp³-hybridized carbons (Fsp3) is 0.250. The van der Waals surface area contributed by atoms with Crippen molar-refractivity contribution in [3.8, 4) is 0 Å². The first-order valence-electron chi connectivity index (χ1n) is 6.17. The summed E-state index contributed by atoms with van der Waals surface area (Å²) < 4.78 is 13.3. The number of benzene rings is 2. The minimum atomic E-state index is -0.215. The number of hydrogen-bond donors (Lipinski definition) is 0. The lowest BCUT2D eigenvalue weighted by Gasteiger charge is -2.17. The molecule has 0 aromatic heterocycles. The molecule has 0 nitrogen and oxygen atoms in total. The number of halogens is 3. The van der Waals surface area contributed by atoms with Crippen LogP contribution in [-0.2, 0) is 6.42 Å². The molecule has 1 unspecified atom stereocenters. The molecule has 1 atom stereocenters. The molecule has 2 aromatic rings. The highest BCUT2D eigenvalue weighted by atomic mass is 35.5. The van der Waals surface area contributed by atoms with Crippen molar-refractivity contribution in [1.82, 2.24) is 0 Å². The molecular weight excluding hydrogens is 282 g/mol. The van der Waals surface area contributed by atoms with Crippen LogP contribution in [0.1, 0.15) is 22.6 Å². The van der Waals surface area contributed by atoms with E-state index in [9.17, 15) is 4.39 Å². The summed E-state index contributed by atoms with van der Waals surface area (Å²) >= 11 is 12.3. The zero-order valence-electron chi connectivity index (χ0n) is 10.7. The molecular formula is C16H15Cl2F. The second-order valence-corrected chi connectivity index (χ2v) is 5.36. The Hall–Kier alpha value is -1.05. The quantitative estimate of drug-likeness (QED) is 0.667. The molecule has 0 aliphatic carbocycles. The summed E-state index contributed by atoms with van der Waals surface area (Å²) in [7, 11) is 0. The van der Waals surface area contributed by atoms with Crippen LogP contribution in [0, 0.1) is 12.7 Å². The maximum Gasteiger partial charge on any atom is 0.123 e. The molecule has 0 amide bonds. The third-order valence-electron chi connectivity index (χ3n) is 3.31. The molecule has 0 saturated carbocycles. The number of aryl methyl sites for hydroxylation is 1. The van der Waals surface area contributed by atoms with Crippen LogP contribution in [-0.4, -0.2) is 5.88 Å². The molecule has 0 aliphatic heterocycles. The summed E-state index contributed by atoms with van der Waals surface area (Å²) in [6.07, 6.45) is 0.691. The predicted molar refractivity (Wildman–Crippen MR) is 79.8 cm³/mol. The first-order chi connectivity index (χ1) is 9.11. The van der Waals surface area contributed by atoms with Crippen LogP contribution in [0.15, 0.2) is 42.5 Å². The molecule has 0 fully saturated rings. The van der Waals surface area contributed by atoms with E-state index in [2.05, 4.69) is 0 Å². The van der Waals surface area contributed by atoms with Crippen LogP contribution in [0.2, 0.25) is 5.02 Å². The van der Waals surface area contributed by atoms with E-state index in [1.54, 1.807) is 12.1 Å². The minimum Gasteiger partial charge on any atom is -0.207 e. The zero-order valence-corrected chi connectivity index (χ0v) is 12.2. The van der Waals surface area contributed by atoms with Gasteiger partial charge >= 0.3 is 0 Å². The van der Waals surface area contributed by atoms with Crippen LogP contribution in [0.25, 0.3) is 0 Å². The molecule has 0 bridgehead atoms. The van der Waals surface area contributed by atoms with E-state index in [0.29, 0.717) is 17.3 Å². The molecule has 0 N–H and O–H groups in total. The van der Waals surface area contributed by atoms with Crippen molar-refractivity contribution < 1.29 is 4.39 Å². The lowest BCUT2D eigenvalue weighted by Crippen LogP contribution is -2.07. The van der Waals surface area contributed by atoms with Gasteiger partial charge in [-0.2, -0.15) is 0 Å². The van der Waals surface area contributed by atoms with Gasteiger partial charge in [0.1, 0.15) is 5.82 Å². The molecule has 0 aliphatic rings. The van der Waals surface area contributed by atoms with Gasteiger partial charge in [-0.3, -0.25) is 0 Å². The Morgan fingerprint density at radius 1 is 1.16 bits per heavy atom. The van der Waals surface area contributed by atoms with Gasteiger partial charge in [0.15, 0.2) is 0 Å². The predicted octanol–water partition coefficient (Wildman–Crippen LogP) is 5.35. The molecule has 0 saturated heterocycles. The summed E-state index contributed by atoms with van der Waals surface area (Å²) in [6, 6.07) is 12.5. The third kappa shape index (κ3) is 3.49. The number of hydrogen-bond acceptors (Lipinski definition) is 0. The molecule has 0 radical (unpaired) electrons. The Morgan fingerprint density at radius 2 is 1.89 bits per heavy atom. The summed E-state index contributed by atoms with van der Waals surface area (Å²) in [6.45, 7) is 1.98. The van der Waals surface area contributed by atoms with E-state index in [1.165, 1.54) is 6.07 Å². The molecule has 0 spiro atoms. The van der Waals surface area contributed by atoms with Crippen LogP contribution < -0.4 is 0 Å². The normalized spacial score (nSPS) is 12.4. The molecule has 2 rings (SSSR count). The Balaban J connectivity index is 2.29. The summed E-state index contributed by atoms with van der Waals surface area (Å²) in [5, 5.41) is 0.710. The number of rotatable bonds is 4. The first-order valence-corrected chi connectivity index (χ1v) is 7.08. The maximum atomic E-state index is 13.3. The van der Waals surface area contributed by atoms with Gasteiger partial charge in [-0.1, -0.05) is 35.9 Å². The largest absolute Gasteiger partial charge is 0.207 e. The second kappa shape index (κ2) is 6.40. The van der Waals surface area contributed by atoms with Crippen LogP contribution in [0.5, 0.6) is 0 Å². The molecule has 0 heterocycles. The highest BCUT2D eigenvalue weighted by Gasteiger charge is 2.15. The average Bonchev–Trinajstić information content (AvgIpc) is 2.41. The van der Waals surface area contributed by atoms with Crippen molar-refractivity contribution in [2.24, 2.45) is 0 Å². The highest BCUT2D eigenvalue weighted by Crippen LogP contribution is 2.29. The SMILES string of the molecule is Cc1ccc(F)cc1CC(CCl)c1ccccc1Cl. The minimum absolute atomic E-state index is 0.0934. The van der Waals surface area contributed by atoms with Crippen LogP contribution in [0.4, 0.5) is 4.39 Å². The van der Waals surface area contributed by atoms with Gasteiger partial charge in [-0.25, -0.2) is 4.39 Å². The third-order valence-corrected chi connectivity index (χ3v) is 4.03. The lowest BCUT2D eigenvalue weighted by atomic mass is 9.91. The van der Waals surface area contributed by atoms with E-state index in [-0.39, 0.29) is 11.7 Å². The van der Waals surface area contributed by atoms with Gasteiger partial charge in [0.2, 0.25) is 0 Å². The van der Waals surface area contributed by atoms with E-state index in [4.69, 9.17) is 23.2 Å². The van der Waals surface area contributed by atoms with E-state index >= 15 is 0 Å². The Labute approximate surface area is 123 Å². The van der Waals surface area contributed by atoms with Gasteiger partial charge in [0.05, 0.1) is 0 Å². The van der Waals surface area contributed by atoms with Crippen molar-refractivity contribution in [2.45, 2.75) is 19.3 Å². The van der Waals surface area contributed by atoms with Crippen molar-refractivity contribution in [3.05, 3.63) is 70.0 Å². The van der Waals surface area contributed by atoms with E-state index in [0.717, 1.165) is 16.7 Å². The molecule has 2 aromatic carbocycles. The van der Waals surface area contributed by atoms with Crippen molar-refractivity contribution in [3.63, 3.8) is 0 Å². The standard InChI is InChI=1S/C16H15Cl2F/c1-11-6-7-14(19)9-12(11)8-13(10-17)15-4-2-3-5-16(15)18/h2-7,9,13H,8,10H2,1H3. The van der Waals surface area contributed by atoms with Gasteiger partial charge in [0, 0.05) is 16.8 Å². The Kier molecular flexibility index (Phi) is 4.84. The average molecular weight is 297 g/mol. The van der Waals surface area contributed by atoms with E-state index < -0.39 is 0 Å². The van der Waals surface area contributed by atoms with Crippen molar-refractivity contribution in [1.29, 1.82) is 0 Å². The van der Waals surface area contributed by atoms with Gasteiger partial charge in [-0.05, 0) is 48.2 Å². The van der Waals surface area contributed by atoms with Gasteiger partial charge in [-0.15, -0.1) is 11.6 Å². The van der Waals surface area contributed by atoms with E-state index in [1.807, 2.05) is 31.2 Å². The summed E-state index contributed by atoms with van der Waals surface area (Å²) in [5.74, 6) is 0.337. The van der Waals surface area contributed by atoms with Gasteiger partial charge in [0.25, 0.3) is 0 Å². The van der Waals surface area contributed by atoms with Crippen LogP contribution >= 0.6 is 23.2 Å². The molecule has 3 heteroatoms. The fourth-order valence-electron chi connectivity index (χ4n) is 2.18. The lowest BCUT2D eigenvalue weighted by molar-refractivity contribution is 0.622. The van der Waals surface area contributed by atoms with Crippen molar-refractivity contribution >= 4 is 23.2 Å². The summed E-state index contributed by atoms with van der Waals surface area (Å²) in [5.41, 5.74) is 3.07. The molecule has 19 heavy (non-hydrogen) atoms. The first kappa shape index (κ1) is 14.4. The smallest absolute Gasteiger partial charge is 0.123 e. The van der Waals surface area contributed by atoms with Gasteiger partial charge < -0.3 is 0 Å². The second-order valence-electron chi connectivity index (χ2n) is 4.65. The van der Waals surface area contributed by atoms with Crippen LogP contribution in [0.3, 0.4) is 0 Å². The Morgan fingerprint density at radius 3 is 2.58 bits per heavy atom. The zero-order chi connectivity index (χ0) is 13.8. The summed E-state index contributed by atoms with van der Waals surface area (Å²) in [4.78, 5) is 0.